The van der Waals surface area contributed by atoms with Crippen molar-refractivity contribution in [1.82, 2.24) is 0 Å². The van der Waals surface area contributed by atoms with Crippen LogP contribution >= 0.6 is 0 Å². The lowest BCUT2D eigenvalue weighted by Gasteiger charge is -2.33. The number of ether oxygens (including phenoxy) is 1. The highest BCUT2D eigenvalue weighted by Crippen LogP contribution is 2.15. The van der Waals surface area contributed by atoms with Crippen LogP contribution in [-0.4, -0.2) is 54.9 Å². The van der Waals surface area contributed by atoms with E-state index < -0.39 is 18.2 Å². The zero-order valence-electron chi connectivity index (χ0n) is 16.5. The lowest BCUT2D eigenvalue weighted by Crippen LogP contribution is -2.48. The predicted octanol–water partition coefficient (Wildman–Crippen LogP) is 2.08. The first-order valence-electron chi connectivity index (χ1n) is 9.55. The number of carbonyl (C=O) groups is 3. The number of nitrogens with zero attached hydrogens (tertiary/aromatic N) is 1. The monoisotopic (exact) mass is 373 g/mol. The van der Waals surface area contributed by atoms with E-state index in [0.717, 1.165) is 51.4 Å². The molecule has 0 aliphatic heterocycles. The van der Waals surface area contributed by atoms with Gasteiger partial charge in [-0.05, 0) is 19.3 Å². The number of carboxylic acid groups (broad SMARTS) is 2. The Balaban J connectivity index is 3.76. The number of rotatable bonds is 16. The van der Waals surface area contributed by atoms with Crippen LogP contribution < -0.4 is 5.11 Å². The van der Waals surface area contributed by atoms with Crippen LogP contribution in [0.2, 0.25) is 0 Å². The maximum atomic E-state index is 12.0. The zero-order chi connectivity index (χ0) is 20.0. The Bertz CT molecular complexity index is 430. The molecule has 26 heavy (non-hydrogen) atoms. The van der Waals surface area contributed by atoms with Gasteiger partial charge in [-0.2, -0.15) is 0 Å². The molecule has 1 unspecified atom stereocenters. The van der Waals surface area contributed by atoms with Crippen LogP contribution in [0.15, 0.2) is 0 Å². The van der Waals surface area contributed by atoms with Gasteiger partial charge in [-0.25, -0.2) is 0 Å². The third-order valence-corrected chi connectivity index (χ3v) is 4.25. The molecule has 0 bridgehead atoms. The molecular formula is C19H35NO6. The van der Waals surface area contributed by atoms with E-state index in [9.17, 15) is 19.5 Å². The van der Waals surface area contributed by atoms with E-state index in [-0.39, 0.29) is 25.2 Å². The van der Waals surface area contributed by atoms with Crippen LogP contribution in [0.25, 0.3) is 0 Å². The van der Waals surface area contributed by atoms with E-state index in [0.29, 0.717) is 10.9 Å². The molecule has 1 atom stereocenters. The zero-order valence-corrected chi connectivity index (χ0v) is 16.5. The van der Waals surface area contributed by atoms with Gasteiger partial charge < -0.3 is 19.7 Å². The summed E-state index contributed by atoms with van der Waals surface area (Å²) in [5.41, 5.74) is 0. The summed E-state index contributed by atoms with van der Waals surface area (Å²) in [6.45, 7) is 0. The minimum Gasteiger partial charge on any atom is -0.550 e. The summed E-state index contributed by atoms with van der Waals surface area (Å²) in [6, 6.07) is 0. The fourth-order valence-electron chi connectivity index (χ4n) is 2.66. The fraction of sp³-hybridized carbons (Fsp3) is 0.842. The lowest BCUT2D eigenvalue weighted by molar-refractivity contribution is -0.917. The molecule has 0 rings (SSSR count). The summed E-state index contributed by atoms with van der Waals surface area (Å²) in [7, 11) is 5.59. The third kappa shape index (κ3) is 14.7. The first-order valence-corrected chi connectivity index (χ1v) is 9.55. The van der Waals surface area contributed by atoms with Crippen molar-refractivity contribution < 1.29 is 33.8 Å². The maximum Gasteiger partial charge on any atom is 0.310 e. The van der Waals surface area contributed by atoms with Crippen molar-refractivity contribution >= 4 is 17.9 Å². The largest absolute Gasteiger partial charge is 0.550 e. The number of aliphatic carboxylic acids is 2. The average molecular weight is 373 g/mol. The van der Waals surface area contributed by atoms with Crippen LogP contribution in [0.4, 0.5) is 0 Å². The van der Waals surface area contributed by atoms with Gasteiger partial charge in [-0.15, -0.1) is 0 Å². The van der Waals surface area contributed by atoms with Crippen molar-refractivity contribution in [1.29, 1.82) is 0 Å². The second-order valence-corrected chi connectivity index (χ2v) is 7.69. The number of carbonyl (C=O) groups excluding carboxylic acids is 2. The molecule has 0 saturated heterocycles. The van der Waals surface area contributed by atoms with Crippen LogP contribution in [0, 0.1) is 0 Å². The standard InChI is InChI=1S/C19H35NO6/c1-20(2,3)16(14-15-18(23)24)26-19(25)13-11-9-7-5-4-6-8-10-12-17(21)22/h16H,4-15H2,1-3H3,(H-,21,22,23,24). The van der Waals surface area contributed by atoms with Gasteiger partial charge in [0.05, 0.1) is 21.1 Å². The topological polar surface area (TPSA) is 104 Å². The molecule has 0 saturated carbocycles. The second-order valence-electron chi connectivity index (χ2n) is 7.69. The molecule has 0 aliphatic carbocycles. The van der Waals surface area contributed by atoms with Gasteiger partial charge >= 0.3 is 11.9 Å². The van der Waals surface area contributed by atoms with Crippen molar-refractivity contribution in [3.05, 3.63) is 0 Å². The normalized spacial score (nSPS) is 12.6. The van der Waals surface area contributed by atoms with E-state index in [1.165, 1.54) is 0 Å². The summed E-state index contributed by atoms with van der Waals surface area (Å²) in [5, 5.41) is 19.2. The van der Waals surface area contributed by atoms with Crippen molar-refractivity contribution in [2.75, 3.05) is 21.1 Å². The highest BCUT2D eigenvalue weighted by molar-refractivity contribution is 5.69. The Labute approximate surface area is 156 Å². The molecule has 0 aromatic carbocycles. The first-order chi connectivity index (χ1) is 12.1. The van der Waals surface area contributed by atoms with Gasteiger partial charge in [-0.3, -0.25) is 14.1 Å². The van der Waals surface area contributed by atoms with Gasteiger partial charge in [0.2, 0.25) is 6.23 Å². The Kier molecular flexibility index (Phi) is 12.7. The van der Waals surface area contributed by atoms with Gasteiger partial charge in [0.1, 0.15) is 0 Å². The molecule has 0 heterocycles. The first kappa shape index (κ1) is 24.4. The number of unbranched alkanes of at least 4 members (excludes halogenated alkanes) is 7. The number of hydrogen-bond donors (Lipinski definition) is 1. The molecule has 0 amide bonds. The van der Waals surface area contributed by atoms with E-state index in [1.807, 2.05) is 21.1 Å². The van der Waals surface area contributed by atoms with Crippen molar-refractivity contribution in [2.45, 2.75) is 83.3 Å². The van der Waals surface area contributed by atoms with E-state index >= 15 is 0 Å². The summed E-state index contributed by atoms with van der Waals surface area (Å²) < 4.78 is 5.81. The van der Waals surface area contributed by atoms with Gasteiger partial charge in [-0.1, -0.05) is 38.5 Å². The Morgan fingerprint density at radius 1 is 0.846 bits per heavy atom. The molecule has 152 valence electrons. The van der Waals surface area contributed by atoms with Crippen molar-refractivity contribution in [3.8, 4) is 0 Å². The summed E-state index contributed by atoms with van der Waals surface area (Å²) >= 11 is 0. The highest BCUT2D eigenvalue weighted by Gasteiger charge is 2.27. The molecule has 0 radical (unpaired) electrons. The summed E-state index contributed by atoms with van der Waals surface area (Å²) in [4.78, 5) is 33.0. The molecular weight excluding hydrogens is 338 g/mol. The lowest BCUT2D eigenvalue weighted by atomic mass is 10.1. The number of quaternary nitrogens is 1. The van der Waals surface area contributed by atoms with E-state index in [1.54, 1.807) is 0 Å². The van der Waals surface area contributed by atoms with Crippen molar-refractivity contribution in [2.24, 2.45) is 0 Å². The molecule has 0 fully saturated rings. The van der Waals surface area contributed by atoms with Gasteiger partial charge in [0.25, 0.3) is 0 Å². The third-order valence-electron chi connectivity index (χ3n) is 4.25. The minimum atomic E-state index is -1.14. The number of carboxylic acids is 2. The SMILES string of the molecule is C[N+](C)(C)C(CCC(=O)[O-])OC(=O)CCCCCCCCCCC(=O)O. The van der Waals surface area contributed by atoms with E-state index in [2.05, 4.69) is 0 Å². The Morgan fingerprint density at radius 3 is 1.73 bits per heavy atom. The average Bonchev–Trinajstić information content (AvgIpc) is 2.51. The predicted molar refractivity (Wildman–Crippen MR) is 96.0 cm³/mol. The fourth-order valence-corrected chi connectivity index (χ4v) is 2.66. The van der Waals surface area contributed by atoms with E-state index in [4.69, 9.17) is 9.84 Å². The maximum absolute atomic E-state index is 12.0. The molecule has 0 spiro atoms. The molecule has 7 heteroatoms. The molecule has 0 aromatic heterocycles. The van der Waals surface area contributed by atoms with Crippen LogP contribution in [-0.2, 0) is 19.1 Å². The summed E-state index contributed by atoms with van der Waals surface area (Å²) in [5.74, 6) is -2.15. The second kappa shape index (κ2) is 13.6. The van der Waals surface area contributed by atoms with Gasteiger partial charge in [0.15, 0.2) is 0 Å². The van der Waals surface area contributed by atoms with Crippen LogP contribution in [0.1, 0.15) is 77.0 Å². The van der Waals surface area contributed by atoms with Crippen molar-refractivity contribution in [3.63, 3.8) is 0 Å². The molecule has 0 aromatic rings. The molecule has 0 aliphatic rings. The van der Waals surface area contributed by atoms with Crippen LogP contribution in [0.5, 0.6) is 0 Å². The number of hydrogen-bond acceptors (Lipinski definition) is 5. The molecule has 1 N–H and O–H groups in total. The van der Waals surface area contributed by atoms with Crippen LogP contribution in [0.3, 0.4) is 0 Å². The Morgan fingerprint density at radius 2 is 1.31 bits per heavy atom. The Hall–Kier alpha value is -1.63. The summed E-state index contributed by atoms with van der Waals surface area (Å²) in [6.07, 6.45) is 7.95. The van der Waals surface area contributed by atoms with Gasteiger partial charge in [0, 0.05) is 25.2 Å². The highest BCUT2D eigenvalue weighted by atomic mass is 16.6. The molecule has 7 nitrogen and oxygen atoms in total. The minimum absolute atomic E-state index is 0.125. The quantitative estimate of drug-likeness (QED) is 0.192. The smallest absolute Gasteiger partial charge is 0.310 e. The number of esters is 1.